The summed E-state index contributed by atoms with van der Waals surface area (Å²) < 4.78 is 18.2. The fourth-order valence-corrected chi connectivity index (χ4v) is 1.45. The summed E-state index contributed by atoms with van der Waals surface area (Å²) in [7, 11) is 0. The molecule has 0 bridgehead atoms. The van der Waals surface area contributed by atoms with Crippen molar-refractivity contribution in [2.75, 3.05) is 5.32 Å². The lowest BCUT2D eigenvalue weighted by Crippen LogP contribution is -2.10. The zero-order valence-electron chi connectivity index (χ0n) is 9.37. The quantitative estimate of drug-likeness (QED) is 0.884. The van der Waals surface area contributed by atoms with Gasteiger partial charge in [-0.3, -0.25) is 4.79 Å². The molecule has 0 radical (unpaired) electrons. The molecule has 1 aromatic heterocycles. The topological polar surface area (TPSA) is 42.2 Å². The summed E-state index contributed by atoms with van der Waals surface area (Å²) >= 11 is 0. The largest absolute Gasteiger partial charge is 0.456 e. The molecule has 4 heteroatoms. The molecule has 0 saturated carbocycles. The molecule has 88 valence electrons. The summed E-state index contributed by atoms with van der Waals surface area (Å²) in [6.45, 7) is 1.94. The van der Waals surface area contributed by atoms with Gasteiger partial charge in [0.1, 0.15) is 11.6 Å². The minimum atomic E-state index is -0.392. The van der Waals surface area contributed by atoms with Crippen LogP contribution in [0.2, 0.25) is 0 Å². The Morgan fingerprint density at radius 2 is 2.18 bits per heavy atom. The normalized spacial score (nSPS) is 10.2. The van der Waals surface area contributed by atoms with Gasteiger partial charge in [0.2, 0.25) is 0 Å². The second kappa shape index (κ2) is 4.82. The number of benzene rings is 1. The highest BCUT2D eigenvalue weighted by Crippen LogP contribution is 2.13. The van der Waals surface area contributed by atoms with Crippen molar-refractivity contribution in [3.63, 3.8) is 0 Å². The maximum atomic E-state index is 12.9. The second-order valence-corrected chi connectivity index (χ2v) is 3.58. The van der Waals surface area contributed by atoms with Gasteiger partial charge >= 0.3 is 0 Å². The molecule has 0 saturated heterocycles. The van der Waals surface area contributed by atoms with E-state index < -0.39 is 5.82 Å². The molecule has 17 heavy (non-hydrogen) atoms. The first-order valence-electron chi connectivity index (χ1n) is 5.34. The third-order valence-corrected chi connectivity index (χ3v) is 2.32. The first-order valence-corrected chi connectivity index (χ1v) is 5.34. The Kier molecular flexibility index (Phi) is 3.23. The van der Waals surface area contributed by atoms with Crippen molar-refractivity contribution in [2.24, 2.45) is 0 Å². The summed E-state index contributed by atoms with van der Waals surface area (Å²) in [5.41, 5.74) is 0.407. The SMILES string of the molecule is CCc1ccc(C(=O)Nc2cccc(F)c2)o1. The zero-order chi connectivity index (χ0) is 12.3. The molecule has 1 heterocycles. The van der Waals surface area contributed by atoms with Crippen LogP contribution in [0.4, 0.5) is 10.1 Å². The maximum absolute atomic E-state index is 12.9. The Morgan fingerprint density at radius 1 is 1.35 bits per heavy atom. The van der Waals surface area contributed by atoms with Gasteiger partial charge in [0.05, 0.1) is 0 Å². The van der Waals surface area contributed by atoms with Gasteiger partial charge in [-0.05, 0) is 30.3 Å². The summed E-state index contributed by atoms with van der Waals surface area (Å²) in [6, 6.07) is 9.07. The molecular weight excluding hydrogens is 221 g/mol. The van der Waals surface area contributed by atoms with E-state index >= 15 is 0 Å². The molecule has 3 nitrogen and oxygen atoms in total. The van der Waals surface area contributed by atoms with Gasteiger partial charge in [-0.2, -0.15) is 0 Å². The van der Waals surface area contributed by atoms with E-state index in [1.807, 2.05) is 6.92 Å². The third-order valence-electron chi connectivity index (χ3n) is 2.32. The maximum Gasteiger partial charge on any atom is 0.291 e. The van der Waals surface area contributed by atoms with Crippen molar-refractivity contribution in [3.05, 3.63) is 53.7 Å². The van der Waals surface area contributed by atoms with E-state index in [0.29, 0.717) is 5.69 Å². The molecule has 0 unspecified atom stereocenters. The van der Waals surface area contributed by atoms with Crippen molar-refractivity contribution < 1.29 is 13.6 Å². The summed E-state index contributed by atoms with van der Waals surface area (Å²) in [4.78, 5) is 11.7. The van der Waals surface area contributed by atoms with E-state index in [1.165, 1.54) is 18.2 Å². The average Bonchev–Trinajstić information content (AvgIpc) is 2.77. The molecule has 1 amide bonds. The first-order chi connectivity index (χ1) is 8.19. The van der Waals surface area contributed by atoms with Crippen LogP contribution in [0.3, 0.4) is 0 Å². The van der Waals surface area contributed by atoms with Crippen molar-refractivity contribution in [1.82, 2.24) is 0 Å². The number of rotatable bonds is 3. The minimum Gasteiger partial charge on any atom is -0.456 e. The molecule has 0 aliphatic carbocycles. The second-order valence-electron chi connectivity index (χ2n) is 3.58. The number of aryl methyl sites for hydroxylation is 1. The van der Waals surface area contributed by atoms with Crippen LogP contribution in [-0.4, -0.2) is 5.91 Å². The van der Waals surface area contributed by atoms with Crippen molar-refractivity contribution >= 4 is 11.6 Å². The highest BCUT2D eigenvalue weighted by Gasteiger charge is 2.10. The Labute approximate surface area is 98.3 Å². The Hall–Kier alpha value is -2.10. The number of hydrogen-bond donors (Lipinski definition) is 1. The van der Waals surface area contributed by atoms with Crippen LogP contribution in [-0.2, 0) is 6.42 Å². The first kappa shape index (κ1) is 11.4. The fourth-order valence-electron chi connectivity index (χ4n) is 1.45. The lowest BCUT2D eigenvalue weighted by Gasteiger charge is -2.02. The van der Waals surface area contributed by atoms with Crippen molar-refractivity contribution in [1.29, 1.82) is 0 Å². The van der Waals surface area contributed by atoms with E-state index in [1.54, 1.807) is 18.2 Å². The van der Waals surface area contributed by atoms with Crippen LogP contribution in [0, 0.1) is 5.82 Å². The number of anilines is 1. The van der Waals surface area contributed by atoms with Gasteiger partial charge in [-0.15, -0.1) is 0 Å². The smallest absolute Gasteiger partial charge is 0.291 e. The van der Waals surface area contributed by atoms with E-state index in [9.17, 15) is 9.18 Å². The molecule has 2 aromatic rings. The van der Waals surface area contributed by atoms with Crippen LogP contribution >= 0.6 is 0 Å². The Bertz CT molecular complexity index is 534. The van der Waals surface area contributed by atoms with E-state index in [0.717, 1.165) is 12.2 Å². The van der Waals surface area contributed by atoms with Crippen LogP contribution in [0.15, 0.2) is 40.8 Å². The highest BCUT2D eigenvalue weighted by atomic mass is 19.1. The van der Waals surface area contributed by atoms with Gasteiger partial charge in [0.25, 0.3) is 5.91 Å². The molecule has 1 aromatic carbocycles. The predicted octanol–water partition coefficient (Wildman–Crippen LogP) is 3.23. The molecule has 2 rings (SSSR count). The Morgan fingerprint density at radius 3 is 2.82 bits per heavy atom. The number of halogens is 1. The van der Waals surface area contributed by atoms with Gasteiger partial charge in [0, 0.05) is 12.1 Å². The lowest BCUT2D eigenvalue weighted by atomic mass is 10.3. The van der Waals surface area contributed by atoms with Gasteiger partial charge in [-0.25, -0.2) is 4.39 Å². The van der Waals surface area contributed by atoms with Crippen LogP contribution in [0.5, 0.6) is 0 Å². The summed E-state index contributed by atoms with van der Waals surface area (Å²) in [5, 5.41) is 2.56. The molecule has 0 spiro atoms. The number of amides is 1. The molecule has 1 N–H and O–H groups in total. The molecule has 0 atom stereocenters. The Balaban J connectivity index is 2.11. The van der Waals surface area contributed by atoms with Gasteiger partial charge < -0.3 is 9.73 Å². The molecule has 0 aliphatic heterocycles. The van der Waals surface area contributed by atoms with Gasteiger partial charge in [-0.1, -0.05) is 13.0 Å². The summed E-state index contributed by atoms with van der Waals surface area (Å²) in [6.07, 6.45) is 0.729. The highest BCUT2D eigenvalue weighted by molar-refractivity contribution is 6.02. The van der Waals surface area contributed by atoms with Crippen molar-refractivity contribution in [2.45, 2.75) is 13.3 Å². The van der Waals surface area contributed by atoms with Crippen LogP contribution in [0.1, 0.15) is 23.2 Å². The van der Waals surface area contributed by atoms with Crippen molar-refractivity contribution in [3.8, 4) is 0 Å². The number of hydrogen-bond acceptors (Lipinski definition) is 2. The van der Waals surface area contributed by atoms with Crippen LogP contribution in [0.25, 0.3) is 0 Å². The van der Waals surface area contributed by atoms with E-state index in [2.05, 4.69) is 5.32 Å². The number of carbonyl (C=O) groups excluding carboxylic acids is 1. The average molecular weight is 233 g/mol. The molecule has 0 fully saturated rings. The van der Waals surface area contributed by atoms with Crippen LogP contribution < -0.4 is 5.32 Å². The van der Waals surface area contributed by atoms with E-state index in [4.69, 9.17) is 4.42 Å². The molecular formula is C13H12FNO2. The number of nitrogens with one attached hydrogen (secondary N) is 1. The monoisotopic (exact) mass is 233 g/mol. The number of carbonyl (C=O) groups is 1. The minimum absolute atomic E-state index is 0.228. The number of furan rings is 1. The predicted molar refractivity (Wildman–Crippen MR) is 62.4 cm³/mol. The van der Waals surface area contributed by atoms with E-state index in [-0.39, 0.29) is 11.7 Å². The lowest BCUT2D eigenvalue weighted by molar-refractivity contribution is 0.0995. The standard InChI is InChI=1S/C13H12FNO2/c1-2-11-6-7-12(17-11)13(16)15-10-5-3-4-9(14)8-10/h3-8H,2H2,1H3,(H,15,16). The summed E-state index contributed by atoms with van der Waals surface area (Å²) in [5.74, 6) is 0.201. The fraction of sp³-hybridized carbons (Fsp3) is 0.154. The molecule has 0 aliphatic rings. The zero-order valence-corrected chi connectivity index (χ0v) is 9.37. The van der Waals surface area contributed by atoms with Gasteiger partial charge in [0.15, 0.2) is 5.76 Å². The third kappa shape index (κ3) is 2.72.